The molecule has 138 valence electrons. The average molecular weight is 347 g/mol. The van der Waals surface area contributed by atoms with Gasteiger partial charge in [0.15, 0.2) is 0 Å². The smallest absolute Gasteiger partial charge is 0.0969 e. The highest BCUT2D eigenvalue weighted by molar-refractivity contribution is 6.20. The molecule has 3 heteroatoms. The molecule has 0 bridgehead atoms. The molecule has 0 saturated carbocycles. The van der Waals surface area contributed by atoms with Gasteiger partial charge in [-0.05, 0) is 19.4 Å². The van der Waals surface area contributed by atoms with Crippen LogP contribution in [0, 0.1) is 0 Å². The standard InChI is InChI=1S/C20H41ClNO/c1-5-7-8-9-10-11-12-13-20(21)15-18-22(4,16-6-2)17-14-19(3)23/h6,19-20,23H,2,5,7-18H2,1,3-4H3/q+1. The van der Waals surface area contributed by atoms with E-state index >= 15 is 0 Å². The van der Waals surface area contributed by atoms with Gasteiger partial charge in [-0.15, -0.1) is 11.6 Å². The minimum Gasteiger partial charge on any atom is -0.393 e. The van der Waals surface area contributed by atoms with Gasteiger partial charge in [0.05, 0.1) is 32.8 Å². The van der Waals surface area contributed by atoms with Gasteiger partial charge in [0.25, 0.3) is 0 Å². The van der Waals surface area contributed by atoms with E-state index in [-0.39, 0.29) is 6.10 Å². The van der Waals surface area contributed by atoms with Crippen molar-refractivity contribution in [2.75, 3.05) is 26.7 Å². The third kappa shape index (κ3) is 14.0. The number of rotatable bonds is 16. The molecule has 0 rings (SSSR count). The van der Waals surface area contributed by atoms with Crippen molar-refractivity contribution in [2.24, 2.45) is 0 Å². The lowest BCUT2D eigenvalue weighted by Crippen LogP contribution is -2.47. The maximum Gasteiger partial charge on any atom is 0.0969 e. The van der Waals surface area contributed by atoms with Gasteiger partial charge in [0.1, 0.15) is 0 Å². The predicted octanol–water partition coefficient (Wildman–Crippen LogP) is 5.53. The quantitative estimate of drug-likeness (QED) is 0.169. The largest absolute Gasteiger partial charge is 0.393 e. The van der Waals surface area contributed by atoms with Crippen molar-refractivity contribution in [1.29, 1.82) is 0 Å². The first-order chi connectivity index (χ1) is 10.9. The van der Waals surface area contributed by atoms with Crippen LogP contribution >= 0.6 is 11.6 Å². The zero-order valence-corrected chi connectivity index (χ0v) is 16.7. The maximum absolute atomic E-state index is 9.52. The van der Waals surface area contributed by atoms with Crippen LogP contribution in [-0.2, 0) is 0 Å². The van der Waals surface area contributed by atoms with Crippen LogP contribution in [0.1, 0.15) is 78.1 Å². The molecule has 0 fully saturated rings. The molecule has 0 aliphatic carbocycles. The van der Waals surface area contributed by atoms with E-state index in [9.17, 15) is 5.11 Å². The lowest BCUT2D eigenvalue weighted by atomic mass is 10.1. The Kier molecular flexibility index (Phi) is 14.3. The second-order valence-corrected chi connectivity index (χ2v) is 8.09. The van der Waals surface area contributed by atoms with E-state index in [1.54, 1.807) is 0 Å². The number of unbranched alkanes of at least 4 members (excludes halogenated alkanes) is 6. The van der Waals surface area contributed by atoms with E-state index in [1.807, 2.05) is 13.0 Å². The molecular weight excluding hydrogens is 306 g/mol. The third-order valence-electron chi connectivity index (χ3n) is 4.76. The Bertz CT molecular complexity index is 283. The van der Waals surface area contributed by atoms with Gasteiger partial charge in [-0.25, -0.2) is 0 Å². The molecule has 1 N–H and O–H groups in total. The lowest BCUT2D eigenvalue weighted by Gasteiger charge is -2.34. The first-order valence-electron chi connectivity index (χ1n) is 9.70. The minimum absolute atomic E-state index is 0.225. The van der Waals surface area contributed by atoms with Gasteiger partial charge in [-0.1, -0.05) is 58.4 Å². The van der Waals surface area contributed by atoms with Gasteiger partial charge < -0.3 is 9.59 Å². The lowest BCUT2D eigenvalue weighted by molar-refractivity contribution is -0.904. The summed E-state index contributed by atoms with van der Waals surface area (Å²) in [4.78, 5) is 0. The summed E-state index contributed by atoms with van der Waals surface area (Å²) < 4.78 is 0.939. The fourth-order valence-corrected chi connectivity index (χ4v) is 3.28. The van der Waals surface area contributed by atoms with Crippen LogP contribution in [0.2, 0.25) is 0 Å². The zero-order valence-electron chi connectivity index (χ0n) is 15.9. The molecule has 0 radical (unpaired) electrons. The Morgan fingerprint density at radius 3 is 2.13 bits per heavy atom. The second-order valence-electron chi connectivity index (χ2n) is 7.47. The van der Waals surface area contributed by atoms with Crippen LogP contribution in [0.15, 0.2) is 12.7 Å². The normalized spacial score (nSPS) is 16.7. The molecule has 0 aliphatic heterocycles. The van der Waals surface area contributed by atoms with Crippen molar-refractivity contribution in [2.45, 2.75) is 89.5 Å². The van der Waals surface area contributed by atoms with E-state index in [1.165, 1.54) is 44.9 Å². The number of alkyl halides is 1. The number of nitrogens with zero attached hydrogens (tertiary/aromatic N) is 1. The number of likely N-dealkylation sites (N-methyl/N-ethyl adjacent to an activating group) is 1. The summed E-state index contributed by atoms with van der Waals surface area (Å²) in [5.74, 6) is 0. The highest BCUT2D eigenvalue weighted by atomic mass is 35.5. The highest BCUT2D eigenvalue weighted by Crippen LogP contribution is 2.17. The molecule has 23 heavy (non-hydrogen) atoms. The summed E-state index contributed by atoms with van der Waals surface area (Å²) in [6, 6.07) is 0. The Labute approximate surface area is 150 Å². The van der Waals surface area contributed by atoms with E-state index in [0.717, 1.165) is 43.4 Å². The number of aliphatic hydroxyl groups excluding tert-OH is 1. The van der Waals surface area contributed by atoms with E-state index < -0.39 is 0 Å². The SMILES string of the molecule is C=CC[N+](C)(CCC(C)O)CCC(Cl)CCCCCCCCC. The summed E-state index contributed by atoms with van der Waals surface area (Å²) >= 11 is 6.53. The van der Waals surface area contributed by atoms with E-state index in [2.05, 4.69) is 20.6 Å². The molecular formula is C20H41ClNO+. The topological polar surface area (TPSA) is 20.2 Å². The number of hydrogen-bond acceptors (Lipinski definition) is 1. The van der Waals surface area contributed by atoms with Crippen molar-refractivity contribution < 1.29 is 9.59 Å². The fourth-order valence-electron chi connectivity index (χ4n) is 3.02. The number of halogens is 1. The van der Waals surface area contributed by atoms with Crippen LogP contribution in [0.4, 0.5) is 0 Å². The molecule has 0 aromatic rings. The molecule has 0 aromatic heterocycles. The molecule has 0 amide bonds. The Morgan fingerprint density at radius 2 is 1.57 bits per heavy atom. The molecule has 2 nitrogen and oxygen atoms in total. The molecule has 0 aliphatic rings. The summed E-state index contributed by atoms with van der Waals surface area (Å²) in [5.41, 5.74) is 0. The van der Waals surface area contributed by atoms with Gasteiger partial charge in [-0.2, -0.15) is 0 Å². The molecule has 0 saturated heterocycles. The van der Waals surface area contributed by atoms with Crippen LogP contribution in [-0.4, -0.2) is 47.8 Å². The van der Waals surface area contributed by atoms with Gasteiger partial charge in [0.2, 0.25) is 0 Å². The third-order valence-corrected chi connectivity index (χ3v) is 5.20. The minimum atomic E-state index is -0.225. The number of aliphatic hydroxyl groups is 1. The summed E-state index contributed by atoms with van der Waals surface area (Å²) in [6.45, 7) is 11.0. The van der Waals surface area contributed by atoms with Crippen LogP contribution in [0.3, 0.4) is 0 Å². The second kappa shape index (κ2) is 14.3. The Morgan fingerprint density at radius 1 is 1.00 bits per heavy atom. The summed E-state index contributed by atoms with van der Waals surface area (Å²) in [6.07, 6.45) is 14.2. The maximum atomic E-state index is 9.52. The van der Waals surface area contributed by atoms with E-state index in [4.69, 9.17) is 11.6 Å². The monoisotopic (exact) mass is 346 g/mol. The zero-order chi connectivity index (χ0) is 17.6. The molecule has 3 unspecified atom stereocenters. The molecule has 0 aromatic carbocycles. The van der Waals surface area contributed by atoms with Crippen LogP contribution in [0.5, 0.6) is 0 Å². The van der Waals surface area contributed by atoms with Crippen molar-refractivity contribution in [3.8, 4) is 0 Å². The number of quaternary nitrogens is 1. The molecule has 0 spiro atoms. The van der Waals surface area contributed by atoms with Crippen LogP contribution in [0.25, 0.3) is 0 Å². The number of hydrogen-bond donors (Lipinski definition) is 1. The first-order valence-corrected chi connectivity index (χ1v) is 10.1. The Hall–Kier alpha value is -0.0500. The van der Waals surface area contributed by atoms with Crippen LogP contribution < -0.4 is 0 Å². The Balaban J connectivity index is 3.85. The van der Waals surface area contributed by atoms with Gasteiger partial charge in [-0.3, -0.25) is 0 Å². The van der Waals surface area contributed by atoms with Gasteiger partial charge in [0, 0.05) is 18.2 Å². The van der Waals surface area contributed by atoms with Crippen molar-refractivity contribution >= 4 is 11.6 Å². The average Bonchev–Trinajstić information content (AvgIpc) is 2.51. The predicted molar refractivity (Wildman–Crippen MR) is 104 cm³/mol. The fraction of sp³-hybridized carbons (Fsp3) is 0.900. The summed E-state index contributed by atoms with van der Waals surface area (Å²) in [5, 5.41) is 9.81. The van der Waals surface area contributed by atoms with Crippen molar-refractivity contribution in [3.63, 3.8) is 0 Å². The van der Waals surface area contributed by atoms with Crippen molar-refractivity contribution in [1.82, 2.24) is 0 Å². The highest BCUT2D eigenvalue weighted by Gasteiger charge is 2.21. The van der Waals surface area contributed by atoms with Gasteiger partial charge >= 0.3 is 0 Å². The molecule has 0 heterocycles. The first kappa shape index (κ1) is 22.9. The molecule has 3 atom stereocenters. The summed E-state index contributed by atoms with van der Waals surface area (Å²) in [7, 11) is 2.25. The van der Waals surface area contributed by atoms with Crippen molar-refractivity contribution in [3.05, 3.63) is 12.7 Å². The van der Waals surface area contributed by atoms with E-state index in [0.29, 0.717) is 5.38 Å².